The summed E-state index contributed by atoms with van der Waals surface area (Å²) in [4.78, 5) is 0. The molecule has 140 valence electrons. The van der Waals surface area contributed by atoms with E-state index in [4.69, 9.17) is 11.6 Å². The smallest absolute Gasteiger partial charge is 0.122 e. The predicted octanol–water partition coefficient (Wildman–Crippen LogP) is 7.02. The van der Waals surface area contributed by atoms with Gasteiger partial charge in [0.2, 0.25) is 0 Å². The average Bonchev–Trinajstić information content (AvgIpc) is 3.20. The lowest BCUT2D eigenvalue weighted by molar-refractivity contribution is 0.544. The molecule has 0 aliphatic carbocycles. The zero-order valence-corrected chi connectivity index (χ0v) is 17.8. The van der Waals surface area contributed by atoms with Crippen LogP contribution in [-0.2, 0) is 22.5 Å². The van der Waals surface area contributed by atoms with Gasteiger partial charge in [-0.2, -0.15) is 0 Å². The quantitative estimate of drug-likeness (QED) is 0.337. The maximum absolute atomic E-state index is 5.91. The molecule has 2 heteroatoms. The van der Waals surface area contributed by atoms with E-state index in [0.29, 0.717) is 28.6 Å². The molecule has 0 spiro atoms. The number of halogens is 1. The molecule has 1 aliphatic rings. The van der Waals surface area contributed by atoms with Crippen LogP contribution in [0.1, 0.15) is 73.6 Å². The third kappa shape index (κ3) is 5.30. The summed E-state index contributed by atoms with van der Waals surface area (Å²) in [6.45, 7) is 4.68. The average molecular weight is 388 g/mol. The van der Waals surface area contributed by atoms with E-state index < -0.39 is 0 Å². The molecular weight excluding hydrogens is 356 g/mol. The summed E-state index contributed by atoms with van der Waals surface area (Å²) in [7, 11) is 0.656. The van der Waals surface area contributed by atoms with Crippen molar-refractivity contribution >= 4 is 22.5 Å². The minimum absolute atomic E-state index is 0.573. The fourth-order valence-electron chi connectivity index (χ4n) is 4.02. The van der Waals surface area contributed by atoms with Crippen LogP contribution < -0.4 is 0 Å². The van der Waals surface area contributed by atoms with Crippen LogP contribution in [0.25, 0.3) is 0 Å². The summed E-state index contributed by atoms with van der Waals surface area (Å²) in [5.41, 5.74) is 5.68. The second-order valence-corrected chi connectivity index (χ2v) is 10.3. The minimum atomic E-state index is 0.573. The molecular formula is C24H32ClS+. The van der Waals surface area contributed by atoms with Crippen molar-refractivity contribution in [3.05, 3.63) is 70.8 Å². The summed E-state index contributed by atoms with van der Waals surface area (Å²) in [6, 6.07) is 18.4. The molecule has 0 nitrogen and oxygen atoms in total. The van der Waals surface area contributed by atoms with Crippen LogP contribution in [0.3, 0.4) is 0 Å². The Kier molecular flexibility index (Phi) is 7.52. The largest absolute Gasteiger partial charge is 0.133 e. The lowest BCUT2D eigenvalue weighted by atomic mass is 9.84. The number of hydrogen-bond donors (Lipinski definition) is 0. The zero-order valence-electron chi connectivity index (χ0n) is 16.2. The van der Waals surface area contributed by atoms with Crippen molar-refractivity contribution in [3.8, 4) is 0 Å². The molecule has 2 aromatic rings. The summed E-state index contributed by atoms with van der Waals surface area (Å²) in [6.07, 6.45) is 5.31. The van der Waals surface area contributed by atoms with Crippen molar-refractivity contribution in [1.29, 1.82) is 0 Å². The Morgan fingerprint density at radius 3 is 2.04 bits per heavy atom. The molecule has 2 aromatic carbocycles. The molecule has 1 aliphatic heterocycles. The van der Waals surface area contributed by atoms with Crippen molar-refractivity contribution in [2.45, 2.75) is 63.0 Å². The van der Waals surface area contributed by atoms with Crippen molar-refractivity contribution in [3.63, 3.8) is 0 Å². The van der Waals surface area contributed by atoms with Gasteiger partial charge in [-0.05, 0) is 65.1 Å². The topological polar surface area (TPSA) is 0 Å². The first-order chi connectivity index (χ1) is 12.7. The van der Waals surface area contributed by atoms with E-state index in [1.54, 1.807) is 5.56 Å². The van der Waals surface area contributed by atoms with Crippen molar-refractivity contribution in [2.24, 2.45) is 0 Å². The molecule has 0 N–H and O–H groups in total. The van der Waals surface area contributed by atoms with Gasteiger partial charge in [0.15, 0.2) is 0 Å². The number of hydrogen-bond acceptors (Lipinski definition) is 0. The Balaban J connectivity index is 1.61. The Morgan fingerprint density at radius 2 is 1.46 bits per heavy atom. The Labute approximate surface area is 167 Å². The van der Waals surface area contributed by atoms with Crippen LogP contribution in [0.15, 0.2) is 48.5 Å². The zero-order chi connectivity index (χ0) is 18.4. The fourth-order valence-corrected chi connectivity index (χ4v) is 6.58. The van der Waals surface area contributed by atoms with Gasteiger partial charge in [-0.1, -0.05) is 62.4 Å². The highest BCUT2D eigenvalue weighted by molar-refractivity contribution is 7.96. The predicted molar refractivity (Wildman–Crippen MR) is 119 cm³/mol. The summed E-state index contributed by atoms with van der Waals surface area (Å²) < 4.78 is 0. The van der Waals surface area contributed by atoms with Gasteiger partial charge in [0.25, 0.3) is 0 Å². The summed E-state index contributed by atoms with van der Waals surface area (Å²) >= 11 is 5.91. The number of alkyl halides is 1. The molecule has 2 atom stereocenters. The van der Waals surface area contributed by atoms with Gasteiger partial charge < -0.3 is 0 Å². The molecule has 1 fully saturated rings. The van der Waals surface area contributed by atoms with Gasteiger partial charge in [-0.25, -0.2) is 0 Å². The van der Waals surface area contributed by atoms with E-state index in [1.807, 2.05) is 0 Å². The third-order valence-corrected chi connectivity index (χ3v) is 8.55. The van der Waals surface area contributed by atoms with E-state index in [0.717, 1.165) is 0 Å². The van der Waals surface area contributed by atoms with Crippen molar-refractivity contribution < 1.29 is 0 Å². The van der Waals surface area contributed by atoms with Crippen LogP contribution in [0, 0.1) is 0 Å². The van der Waals surface area contributed by atoms with Crippen LogP contribution in [0.4, 0.5) is 0 Å². The van der Waals surface area contributed by atoms with Crippen LogP contribution in [-0.4, -0.2) is 11.5 Å². The maximum Gasteiger partial charge on any atom is 0.133 e. The first-order valence-electron chi connectivity index (χ1n) is 10.1. The third-order valence-electron chi connectivity index (χ3n) is 5.77. The summed E-state index contributed by atoms with van der Waals surface area (Å²) in [5, 5.41) is 0. The second kappa shape index (κ2) is 9.85. The monoisotopic (exact) mass is 387 g/mol. The van der Waals surface area contributed by atoms with Crippen LogP contribution in [0.2, 0.25) is 0 Å². The van der Waals surface area contributed by atoms with Crippen molar-refractivity contribution in [1.82, 2.24) is 0 Å². The maximum atomic E-state index is 5.91. The van der Waals surface area contributed by atoms with E-state index >= 15 is 0 Å². The molecule has 3 rings (SSSR count). The SMILES string of the molecule is CCC(CC(C)c1ccc(CCl)cc1)c1ccc(C[S+]2CCCC2)cc1. The summed E-state index contributed by atoms with van der Waals surface area (Å²) in [5.74, 6) is 6.03. The molecule has 1 heterocycles. The van der Waals surface area contributed by atoms with Crippen molar-refractivity contribution in [2.75, 3.05) is 11.5 Å². The minimum Gasteiger partial charge on any atom is -0.122 e. The lowest BCUT2D eigenvalue weighted by Gasteiger charge is -2.21. The molecule has 26 heavy (non-hydrogen) atoms. The van der Waals surface area contributed by atoms with E-state index in [9.17, 15) is 0 Å². The Hall–Kier alpha value is -0.920. The van der Waals surface area contributed by atoms with Gasteiger partial charge in [0.05, 0.1) is 0 Å². The highest BCUT2D eigenvalue weighted by atomic mass is 35.5. The second-order valence-electron chi connectivity index (χ2n) is 7.73. The molecule has 0 bridgehead atoms. The van der Waals surface area contributed by atoms with Crippen LogP contribution in [0.5, 0.6) is 0 Å². The first-order valence-corrected chi connectivity index (χ1v) is 12.3. The number of rotatable bonds is 8. The molecule has 0 saturated carbocycles. The van der Waals surface area contributed by atoms with Gasteiger partial charge >= 0.3 is 0 Å². The molecule has 1 saturated heterocycles. The molecule has 2 unspecified atom stereocenters. The highest BCUT2D eigenvalue weighted by Crippen LogP contribution is 2.32. The van der Waals surface area contributed by atoms with Crippen LogP contribution >= 0.6 is 11.6 Å². The first kappa shape index (κ1) is 19.8. The van der Waals surface area contributed by atoms with Gasteiger partial charge in [-0.15, -0.1) is 11.6 Å². The van der Waals surface area contributed by atoms with Gasteiger partial charge in [0.1, 0.15) is 17.3 Å². The Bertz CT molecular complexity index is 656. The fraction of sp³-hybridized carbons (Fsp3) is 0.500. The van der Waals surface area contributed by atoms with Gasteiger partial charge in [0, 0.05) is 11.4 Å². The molecule has 0 aromatic heterocycles. The van der Waals surface area contributed by atoms with Gasteiger partial charge in [-0.3, -0.25) is 0 Å². The van der Waals surface area contributed by atoms with E-state index in [-0.39, 0.29) is 0 Å². The molecule has 0 amide bonds. The highest BCUT2D eigenvalue weighted by Gasteiger charge is 2.24. The standard InChI is InChI=1S/C24H32ClS/c1-3-22(16-19(2)23-10-6-20(17-25)7-11-23)24-12-8-21(9-13-24)18-26-14-4-5-15-26/h6-13,19,22H,3-5,14-18H2,1-2H3/q+1. The Morgan fingerprint density at radius 1 is 0.885 bits per heavy atom. The van der Waals surface area contributed by atoms with E-state index in [2.05, 4.69) is 62.4 Å². The number of benzene rings is 2. The van der Waals surface area contributed by atoms with E-state index in [1.165, 1.54) is 59.6 Å². The molecule has 0 radical (unpaired) electrons. The normalized spacial score (nSPS) is 17.3. The lowest BCUT2D eigenvalue weighted by Crippen LogP contribution is -2.07.